The topological polar surface area (TPSA) is 29.5 Å². The number of ether oxygens (including phenoxy) is 1. The van der Waals surface area contributed by atoms with E-state index in [-0.39, 0.29) is 6.10 Å². The number of rotatable bonds is 4. The molecule has 2 rings (SSSR count). The van der Waals surface area contributed by atoms with Crippen molar-refractivity contribution in [1.29, 1.82) is 0 Å². The van der Waals surface area contributed by atoms with Crippen molar-refractivity contribution in [2.45, 2.75) is 56.9 Å². The Bertz CT molecular complexity index is 454. The minimum absolute atomic E-state index is 0.0446. The predicted molar refractivity (Wildman–Crippen MR) is 74.0 cm³/mol. The molecule has 1 aliphatic heterocycles. The molecule has 1 aromatic rings. The number of alkyl halides is 3. The largest absolute Gasteiger partial charge is 0.416 e. The second-order valence-electron chi connectivity index (χ2n) is 5.83. The Balaban J connectivity index is 2.03. The molecular weight excluding hydrogens is 281 g/mol. The van der Waals surface area contributed by atoms with Gasteiger partial charge in [0.25, 0.3) is 0 Å². The summed E-state index contributed by atoms with van der Waals surface area (Å²) >= 11 is 0. The molecular formula is C16H21F3O2. The summed E-state index contributed by atoms with van der Waals surface area (Å²) in [6.45, 7) is 2.56. The van der Waals surface area contributed by atoms with E-state index in [1.54, 1.807) is 0 Å². The lowest BCUT2D eigenvalue weighted by Crippen LogP contribution is -2.42. The lowest BCUT2D eigenvalue weighted by molar-refractivity contribution is -0.137. The number of benzene rings is 1. The minimum atomic E-state index is -4.32. The van der Waals surface area contributed by atoms with Crippen LogP contribution in [-0.2, 0) is 17.3 Å². The standard InChI is InChI=1S/C16H21F3O2/c1-2-3-14-11-15(20,8-9-21-14)10-12-4-6-13(7-5-12)16(17,18)19/h4-7,14,20H,2-3,8-11H2,1H3. The maximum Gasteiger partial charge on any atom is 0.416 e. The Morgan fingerprint density at radius 2 is 1.95 bits per heavy atom. The number of aliphatic hydroxyl groups is 1. The van der Waals surface area contributed by atoms with E-state index >= 15 is 0 Å². The summed E-state index contributed by atoms with van der Waals surface area (Å²) in [5.74, 6) is 0. The molecule has 21 heavy (non-hydrogen) atoms. The maximum atomic E-state index is 12.5. The van der Waals surface area contributed by atoms with Gasteiger partial charge in [0, 0.05) is 19.4 Å². The van der Waals surface area contributed by atoms with Crippen molar-refractivity contribution in [1.82, 2.24) is 0 Å². The van der Waals surface area contributed by atoms with E-state index < -0.39 is 17.3 Å². The predicted octanol–water partition coefficient (Wildman–Crippen LogP) is 3.96. The second-order valence-corrected chi connectivity index (χ2v) is 5.83. The van der Waals surface area contributed by atoms with Crippen LogP contribution in [0.25, 0.3) is 0 Å². The molecule has 1 heterocycles. The first kappa shape index (κ1) is 16.3. The van der Waals surface area contributed by atoms with Crippen LogP contribution in [0, 0.1) is 0 Å². The van der Waals surface area contributed by atoms with Gasteiger partial charge in [0.1, 0.15) is 0 Å². The highest BCUT2D eigenvalue weighted by molar-refractivity contribution is 5.25. The summed E-state index contributed by atoms with van der Waals surface area (Å²) in [7, 11) is 0. The molecule has 0 radical (unpaired) electrons. The van der Waals surface area contributed by atoms with Crippen LogP contribution in [0.15, 0.2) is 24.3 Å². The molecule has 0 aromatic heterocycles. The van der Waals surface area contributed by atoms with E-state index in [0.29, 0.717) is 25.9 Å². The highest BCUT2D eigenvalue weighted by Gasteiger charge is 2.35. The minimum Gasteiger partial charge on any atom is -0.389 e. The molecule has 1 N–H and O–H groups in total. The van der Waals surface area contributed by atoms with Crippen LogP contribution in [0.2, 0.25) is 0 Å². The van der Waals surface area contributed by atoms with Crippen molar-refractivity contribution in [3.05, 3.63) is 35.4 Å². The summed E-state index contributed by atoms with van der Waals surface area (Å²) < 4.78 is 43.2. The van der Waals surface area contributed by atoms with Crippen LogP contribution in [-0.4, -0.2) is 23.4 Å². The van der Waals surface area contributed by atoms with Crippen LogP contribution in [0.3, 0.4) is 0 Å². The average Bonchev–Trinajstić information content (AvgIpc) is 2.38. The van der Waals surface area contributed by atoms with Gasteiger partial charge in [-0.05, 0) is 30.5 Å². The van der Waals surface area contributed by atoms with E-state index in [2.05, 4.69) is 6.92 Å². The number of hydrogen-bond acceptors (Lipinski definition) is 2. The lowest BCUT2D eigenvalue weighted by Gasteiger charge is -2.37. The van der Waals surface area contributed by atoms with Crippen molar-refractivity contribution in [3.63, 3.8) is 0 Å². The van der Waals surface area contributed by atoms with Crippen LogP contribution >= 0.6 is 0 Å². The average molecular weight is 302 g/mol. The molecule has 0 aliphatic carbocycles. The van der Waals surface area contributed by atoms with E-state index in [1.165, 1.54) is 12.1 Å². The quantitative estimate of drug-likeness (QED) is 0.912. The summed E-state index contributed by atoms with van der Waals surface area (Å²) in [5, 5.41) is 10.6. The van der Waals surface area contributed by atoms with E-state index in [1.807, 2.05) is 0 Å². The number of halogens is 3. The third kappa shape index (κ3) is 4.45. The molecule has 0 spiro atoms. The first-order chi connectivity index (χ1) is 9.82. The maximum absolute atomic E-state index is 12.5. The Morgan fingerprint density at radius 3 is 2.52 bits per heavy atom. The van der Waals surface area contributed by atoms with Gasteiger partial charge < -0.3 is 9.84 Å². The van der Waals surface area contributed by atoms with Crippen LogP contribution < -0.4 is 0 Å². The van der Waals surface area contributed by atoms with Crippen molar-refractivity contribution in [2.75, 3.05) is 6.61 Å². The van der Waals surface area contributed by atoms with Gasteiger partial charge >= 0.3 is 6.18 Å². The highest BCUT2D eigenvalue weighted by Crippen LogP contribution is 2.32. The third-order valence-corrected chi connectivity index (χ3v) is 3.95. The van der Waals surface area contributed by atoms with E-state index in [4.69, 9.17) is 4.74 Å². The Morgan fingerprint density at radius 1 is 1.29 bits per heavy atom. The van der Waals surface area contributed by atoms with Gasteiger partial charge in [0.2, 0.25) is 0 Å². The first-order valence-electron chi connectivity index (χ1n) is 7.32. The molecule has 1 fully saturated rings. The Kier molecular flexibility index (Phi) is 4.94. The van der Waals surface area contributed by atoms with Crippen molar-refractivity contribution < 1.29 is 23.0 Å². The zero-order chi connectivity index (χ0) is 15.5. The van der Waals surface area contributed by atoms with Crippen molar-refractivity contribution in [2.24, 2.45) is 0 Å². The molecule has 2 nitrogen and oxygen atoms in total. The normalized spacial score (nSPS) is 26.8. The van der Waals surface area contributed by atoms with Gasteiger partial charge in [0.05, 0.1) is 17.3 Å². The molecule has 1 aromatic carbocycles. The molecule has 2 atom stereocenters. The summed E-state index contributed by atoms with van der Waals surface area (Å²) in [5.41, 5.74) is -0.811. The second kappa shape index (κ2) is 6.36. The van der Waals surface area contributed by atoms with Crippen LogP contribution in [0.1, 0.15) is 43.7 Å². The lowest BCUT2D eigenvalue weighted by atomic mass is 9.83. The SMILES string of the molecule is CCCC1CC(O)(Cc2ccc(C(F)(F)F)cc2)CCO1. The van der Waals surface area contributed by atoms with Gasteiger partial charge in [-0.25, -0.2) is 0 Å². The van der Waals surface area contributed by atoms with E-state index in [0.717, 1.165) is 30.5 Å². The number of hydrogen-bond donors (Lipinski definition) is 1. The van der Waals surface area contributed by atoms with Crippen LogP contribution in [0.5, 0.6) is 0 Å². The Labute approximate surface area is 122 Å². The monoisotopic (exact) mass is 302 g/mol. The van der Waals surface area contributed by atoms with Gasteiger partial charge in [-0.15, -0.1) is 0 Å². The molecule has 2 unspecified atom stereocenters. The highest BCUT2D eigenvalue weighted by atomic mass is 19.4. The zero-order valence-corrected chi connectivity index (χ0v) is 12.1. The smallest absolute Gasteiger partial charge is 0.389 e. The third-order valence-electron chi connectivity index (χ3n) is 3.95. The summed E-state index contributed by atoms with van der Waals surface area (Å²) in [4.78, 5) is 0. The van der Waals surface area contributed by atoms with Crippen LogP contribution in [0.4, 0.5) is 13.2 Å². The molecule has 1 aliphatic rings. The Hall–Kier alpha value is -1.07. The van der Waals surface area contributed by atoms with Gasteiger partial charge in [-0.2, -0.15) is 13.2 Å². The molecule has 0 bridgehead atoms. The molecule has 118 valence electrons. The fourth-order valence-electron chi connectivity index (χ4n) is 2.86. The van der Waals surface area contributed by atoms with Gasteiger partial charge in [-0.3, -0.25) is 0 Å². The fraction of sp³-hybridized carbons (Fsp3) is 0.625. The first-order valence-corrected chi connectivity index (χ1v) is 7.32. The molecule has 1 saturated heterocycles. The molecule has 0 amide bonds. The summed E-state index contributed by atoms with van der Waals surface area (Å²) in [6, 6.07) is 5.04. The zero-order valence-electron chi connectivity index (χ0n) is 12.1. The van der Waals surface area contributed by atoms with Gasteiger partial charge in [-0.1, -0.05) is 25.5 Å². The summed E-state index contributed by atoms with van der Waals surface area (Å²) in [6.07, 6.45) is -0.954. The van der Waals surface area contributed by atoms with Gasteiger partial charge in [0.15, 0.2) is 0 Å². The van der Waals surface area contributed by atoms with E-state index in [9.17, 15) is 18.3 Å². The van der Waals surface area contributed by atoms with Crippen molar-refractivity contribution in [3.8, 4) is 0 Å². The fourth-order valence-corrected chi connectivity index (χ4v) is 2.86. The molecule has 5 heteroatoms. The van der Waals surface area contributed by atoms with Crippen molar-refractivity contribution >= 4 is 0 Å². The molecule has 0 saturated carbocycles.